The predicted molar refractivity (Wildman–Crippen MR) is 115 cm³/mol. The Labute approximate surface area is 175 Å². The molecule has 4 rings (SSSR count). The summed E-state index contributed by atoms with van der Waals surface area (Å²) in [6, 6.07) is 12.9. The van der Waals surface area contributed by atoms with Crippen LogP contribution in [0.3, 0.4) is 0 Å². The second-order valence-corrected chi connectivity index (χ2v) is 7.61. The number of pyridine rings is 2. The Morgan fingerprint density at radius 1 is 1.20 bits per heavy atom. The van der Waals surface area contributed by atoms with Crippen molar-refractivity contribution in [3.63, 3.8) is 0 Å². The molecule has 1 aliphatic heterocycles. The van der Waals surface area contributed by atoms with E-state index >= 15 is 0 Å². The Morgan fingerprint density at radius 2 is 1.97 bits per heavy atom. The van der Waals surface area contributed by atoms with E-state index in [0.29, 0.717) is 17.3 Å². The maximum Gasteiger partial charge on any atom is 0.270 e. The van der Waals surface area contributed by atoms with Crippen molar-refractivity contribution in [3.8, 4) is 0 Å². The highest BCUT2D eigenvalue weighted by Gasteiger charge is 2.17. The van der Waals surface area contributed by atoms with Crippen molar-refractivity contribution >= 4 is 22.6 Å². The van der Waals surface area contributed by atoms with Gasteiger partial charge in [0.2, 0.25) is 0 Å². The minimum Gasteiger partial charge on any atom is -0.394 e. The second-order valence-electron chi connectivity index (χ2n) is 7.61. The number of hydrogen-bond acceptors (Lipinski definition) is 6. The number of nitrogens with one attached hydrogen (secondary N) is 2. The zero-order valence-corrected chi connectivity index (χ0v) is 17.0. The van der Waals surface area contributed by atoms with E-state index in [1.54, 1.807) is 12.3 Å². The number of ether oxygens (including phenoxy) is 1. The number of amides is 1. The zero-order valence-electron chi connectivity index (χ0n) is 17.0. The molecule has 0 unspecified atom stereocenters. The normalized spacial score (nSPS) is 15.7. The first-order valence-electron chi connectivity index (χ1n) is 10.2. The summed E-state index contributed by atoms with van der Waals surface area (Å²) in [5, 5.41) is 16.9. The molecule has 1 aliphatic rings. The molecule has 1 atom stereocenters. The lowest BCUT2D eigenvalue weighted by molar-refractivity contribution is 0.0903. The Hall–Kier alpha value is -3.03. The number of rotatable bonds is 6. The molecule has 3 N–H and O–H groups in total. The number of benzene rings is 1. The van der Waals surface area contributed by atoms with Crippen molar-refractivity contribution in [1.82, 2.24) is 15.3 Å². The molecule has 156 valence electrons. The van der Waals surface area contributed by atoms with Crippen molar-refractivity contribution < 1.29 is 14.6 Å². The third-order valence-electron chi connectivity index (χ3n) is 5.35. The minimum absolute atomic E-state index is 0.189. The van der Waals surface area contributed by atoms with Gasteiger partial charge in [-0.1, -0.05) is 29.8 Å². The van der Waals surface area contributed by atoms with Crippen LogP contribution < -0.4 is 10.6 Å². The van der Waals surface area contributed by atoms with E-state index in [1.807, 2.05) is 43.3 Å². The van der Waals surface area contributed by atoms with Gasteiger partial charge >= 0.3 is 0 Å². The Bertz CT molecular complexity index is 1020. The lowest BCUT2D eigenvalue weighted by Gasteiger charge is -2.23. The number of carbonyl (C=O) groups excluding carboxylic acids is 1. The fourth-order valence-corrected chi connectivity index (χ4v) is 3.54. The van der Waals surface area contributed by atoms with Gasteiger partial charge in [-0.15, -0.1) is 0 Å². The van der Waals surface area contributed by atoms with Crippen LogP contribution in [0.5, 0.6) is 0 Å². The van der Waals surface area contributed by atoms with Crippen LogP contribution in [0.1, 0.15) is 40.5 Å². The first-order chi connectivity index (χ1) is 14.6. The molecule has 1 amide bonds. The third kappa shape index (κ3) is 4.75. The summed E-state index contributed by atoms with van der Waals surface area (Å²) < 4.78 is 5.39. The van der Waals surface area contributed by atoms with Crippen LogP contribution in [-0.4, -0.2) is 46.8 Å². The van der Waals surface area contributed by atoms with E-state index in [4.69, 9.17) is 4.74 Å². The van der Waals surface area contributed by atoms with Gasteiger partial charge < -0.3 is 20.5 Å². The van der Waals surface area contributed by atoms with E-state index in [-0.39, 0.29) is 12.5 Å². The van der Waals surface area contributed by atoms with Gasteiger partial charge in [0.15, 0.2) is 0 Å². The molecule has 0 radical (unpaired) electrons. The van der Waals surface area contributed by atoms with Crippen LogP contribution in [-0.2, 0) is 4.74 Å². The second kappa shape index (κ2) is 9.19. The van der Waals surface area contributed by atoms with E-state index in [9.17, 15) is 9.90 Å². The summed E-state index contributed by atoms with van der Waals surface area (Å²) in [5.41, 5.74) is 2.97. The first kappa shape index (κ1) is 20.3. The van der Waals surface area contributed by atoms with E-state index in [0.717, 1.165) is 48.4 Å². The first-order valence-corrected chi connectivity index (χ1v) is 10.2. The molecule has 0 spiro atoms. The molecule has 30 heavy (non-hydrogen) atoms. The van der Waals surface area contributed by atoms with E-state index < -0.39 is 6.04 Å². The molecule has 0 aliphatic carbocycles. The third-order valence-corrected chi connectivity index (χ3v) is 5.35. The quantitative estimate of drug-likeness (QED) is 0.582. The number of nitrogens with zero attached hydrogens (tertiary/aromatic N) is 2. The van der Waals surface area contributed by atoms with Crippen LogP contribution in [0, 0.1) is 6.92 Å². The molecular formula is C23H26N4O3. The topological polar surface area (TPSA) is 96.4 Å². The summed E-state index contributed by atoms with van der Waals surface area (Å²) in [6.07, 6.45) is 3.64. The Balaban J connectivity index is 1.50. The minimum atomic E-state index is -0.487. The van der Waals surface area contributed by atoms with Gasteiger partial charge in [0.05, 0.1) is 18.2 Å². The molecule has 1 aromatic carbocycles. The van der Waals surface area contributed by atoms with Gasteiger partial charge in [-0.05, 0) is 37.5 Å². The monoisotopic (exact) mass is 406 g/mol. The molecule has 7 nitrogen and oxygen atoms in total. The number of aliphatic hydroxyl groups is 1. The number of aliphatic hydroxyl groups excluding tert-OH is 1. The summed E-state index contributed by atoms with van der Waals surface area (Å²) in [6.45, 7) is 3.31. The van der Waals surface area contributed by atoms with Gasteiger partial charge in [0.25, 0.3) is 5.91 Å². The maximum absolute atomic E-state index is 12.8. The fraction of sp³-hybridized carbons (Fsp3) is 0.348. The fourth-order valence-electron chi connectivity index (χ4n) is 3.54. The molecule has 3 aromatic rings. The lowest BCUT2D eigenvalue weighted by atomic mass is 10.1. The summed E-state index contributed by atoms with van der Waals surface area (Å²) in [4.78, 5) is 21.8. The maximum atomic E-state index is 12.8. The van der Waals surface area contributed by atoms with Crippen molar-refractivity contribution in [2.75, 3.05) is 25.1 Å². The molecule has 1 saturated heterocycles. The molecule has 0 bridgehead atoms. The van der Waals surface area contributed by atoms with Crippen molar-refractivity contribution in [3.05, 3.63) is 65.5 Å². The standard InChI is InChI=1S/C23H26N4O3/c1-15-2-4-16(5-3-15)21(14-28)27-23(29)19-7-6-17-13-24-22(12-20(17)26-19)25-18-8-10-30-11-9-18/h2-7,12-13,18,21,28H,8-11,14H2,1H3,(H,24,25)(H,27,29)/t21-/m1/s1. The highest BCUT2D eigenvalue weighted by atomic mass is 16.5. The summed E-state index contributed by atoms with van der Waals surface area (Å²) in [5.74, 6) is 0.416. The van der Waals surface area contributed by atoms with Crippen molar-refractivity contribution in [1.29, 1.82) is 0 Å². The molecule has 7 heteroatoms. The number of anilines is 1. The van der Waals surface area contributed by atoms with Gasteiger partial charge in [0, 0.05) is 36.9 Å². The molecule has 2 aromatic heterocycles. The zero-order chi connectivity index (χ0) is 20.9. The van der Waals surface area contributed by atoms with Gasteiger partial charge in [-0.2, -0.15) is 0 Å². The van der Waals surface area contributed by atoms with Crippen LogP contribution in [0.25, 0.3) is 10.9 Å². The smallest absolute Gasteiger partial charge is 0.270 e. The summed E-state index contributed by atoms with van der Waals surface area (Å²) in [7, 11) is 0. The van der Waals surface area contributed by atoms with Crippen LogP contribution in [0.4, 0.5) is 5.82 Å². The number of fused-ring (bicyclic) bond motifs is 1. The molecular weight excluding hydrogens is 380 g/mol. The SMILES string of the molecule is Cc1ccc([C@@H](CO)NC(=O)c2ccc3cnc(NC4CCOCC4)cc3n2)cc1. The largest absolute Gasteiger partial charge is 0.394 e. The average molecular weight is 406 g/mol. The summed E-state index contributed by atoms with van der Waals surface area (Å²) >= 11 is 0. The number of aryl methyl sites for hydroxylation is 1. The molecule has 3 heterocycles. The van der Waals surface area contributed by atoms with Gasteiger partial charge in [-0.3, -0.25) is 4.79 Å². The molecule has 0 saturated carbocycles. The Kier molecular flexibility index (Phi) is 6.21. The van der Waals surface area contributed by atoms with Crippen LogP contribution in [0.2, 0.25) is 0 Å². The lowest BCUT2D eigenvalue weighted by Crippen LogP contribution is -2.31. The van der Waals surface area contributed by atoms with Gasteiger partial charge in [-0.25, -0.2) is 9.97 Å². The van der Waals surface area contributed by atoms with Crippen molar-refractivity contribution in [2.24, 2.45) is 0 Å². The molecule has 1 fully saturated rings. The highest BCUT2D eigenvalue weighted by Crippen LogP contribution is 2.19. The highest BCUT2D eigenvalue weighted by molar-refractivity contribution is 5.95. The van der Waals surface area contributed by atoms with Crippen molar-refractivity contribution in [2.45, 2.75) is 31.8 Å². The predicted octanol–water partition coefficient (Wildman–Crippen LogP) is 2.99. The van der Waals surface area contributed by atoms with Crippen LogP contribution >= 0.6 is 0 Å². The number of hydrogen-bond donors (Lipinski definition) is 3. The van der Waals surface area contributed by atoms with E-state index in [2.05, 4.69) is 20.6 Å². The Morgan fingerprint density at radius 3 is 2.70 bits per heavy atom. The number of carbonyl (C=O) groups is 1. The van der Waals surface area contributed by atoms with E-state index in [1.165, 1.54) is 0 Å². The van der Waals surface area contributed by atoms with Crippen LogP contribution in [0.15, 0.2) is 48.7 Å². The number of aromatic nitrogens is 2. The van der Waals surface area contributed by atoms with Gasteiger partial charge in [0.1, 0.15) is 11.5 Å². The average Bonchev–Trinajstić information content (AvgIpc) is 2.78.